The fourth-order valence-electron chi connectivity index (χ4n) is 3.84. The molecular weight excluding hydrogens is 436 g/mol. The number of hydrogen-bond donors (Lipinski definition) is 2. The van der Waals surface area contributed by atoms with Crippen molar-refractivity contribution in [2.24, 2.45) is 0 Å². The summed E-state index contributed by atoms with van der Waals surface area (Å²) in [6, 6.07) is 14.2. The van der Waals surface area contributed by atoms with E-state index in [1.54, 1.807) is 52.3 Å². The highest BCUT2D eigenvalue weighted by Crippen LogP contribution is 2.26. The second-order valence-electron chi connectivity index (χ2n) is 7.80. The third kappa shape index (κ3) is 5.46. The number of aromatic nitrogens is 1. The Morgan fingerprint density at radius 3 is 1.79 bits per heavy atom. The lowest BCUT2D eigenvalue weighted by Crippen LogP contribution is -2.33. The third-order valence-electron chi connectivity index (χ3n) is 5.53. The van der Waals surface area contributed by atoms with Gasteiger partial charge in [0.2, 0.25) is 0 Å². The molecule has 3 rings (SSSR count). The van der Waals surface area contributed by atoms with Gasteiger partial charge in [0.25, 0.3) is 5.91 Å². The molecule has 34 heavy (non-hydrogen) atoms. The van der Waals surface area contributed by atoms with Crippen molar-refractivity contribution < 1.29 is 28.6 Å². The monoisotopic (exact) mass is 464 g/mol. The van der Waals surface area contributed by atoms with E-state index in [-0.39, 0.29) is 11.5 Å². The fourth-order valence-corrected chi connectivity index (χ4v) is 3.84. The Hall–Kier alpha value is -4.07. The molecule has 0 aliphatic heterocycles. The lowest BCUT2D eigenvalue weighted by molar-refractivity contribution is -0.124. The topological polar surface area (TPSA) is 107 Å². The standard InChI is InChI=1S/C26H28N2O6/c1-15-23(17(3)29)16(2)27-24(15)26(31)34-14-22(30)28-25(18-6-10-20(32-4)11-7-18)19-8-12-21(33-5)13-9-19/h6-13,25,27H,14H2,1-5H3,(H,28,30). The maximum atomic E-state index is 12.7. The van der Waals surface area contributed by atoms with Crippen LogP contribution < -0.4 is 14.8 Å². The highest BCUT2D eigenvalue weighted by molar-refractivity contribution is 6.01. The quantitative estimate of drug-likeness (QED) is 0.367. The van der Waals surface area contributed by atoms with E-state index in [0.717, 1.165) is 11.1 Å². The van der Waals surface area contributed by atoms with Crippen molar-refractivity contribution in [1.29, 1.82) is 0 Å². The van der Waals surface area contributed by atoms with Crippen LogP contribution in [-0.4, -0.2) is 43.5 Å². The van der Waals surface area contributed by atoms with E-state index in [1.165, 1.54) is 6.92 Å². The number of hydrogen-bond acceptors (Lipinski definition) is 6. The van der Waals surface area contributed by atoms with E-state index >= 15 is 0 Å². The SMILES string of the molecule is COc1ccc(C(NC(=O)COC(=O)c2[nH]c(C)c(C(C)=O)c2C)c2ccc(OC)cc2)cc1. The summed E-state index contributed by atoms with van der Waals surface area (Å²) in [5, 5.41) is 2.92. The molecule has 0 atom stereocenters. The molecule has 0 spiro atoms. The molecule has 2 N–H and O–H groups in total. The summed E-state index contributed by atoms with van der Waals surface area (Å²) in [6.45, 7) is 4.33. The summed E-state index contributed by atoms with van der Waals surface area (Å²) in [5.41, 5.74) is 3.36. The Labute approximate surface area is 198 Å². The highest BCUT2D eigenvalue weighted by atomic mass is 16.5. The van der Waals surface area contributed by atoms with Gasteiger partial charge in [0.1, 0.15) is 17.2 Å². The minimum Gasteiger partial charge on any atom is -0.497 e. The predicted octanol–water partition coefficient (Wildman–Crippen LogP) is 3.91. The van der Waals surface area contributed by atoms with Crippen LogP contribution in [0.2, 0.25) is 0 Å². The Balaban J connectivity index is 1.75. The molecule has 3 aromatic rings. The molecule has 8 heteroatoms. The van der Waals surface area contributed by atoms with Crippen LogP contribution in [0.15, 0.2) is 48.5 Å². The molecule has 178 valence electrons. The summed E-state index contributed by atoms with van der Waals surface area (Å²) in [7, 11) is 3.16. The second-order valence-corrected chi connectivity index (χ2v) is 7.80. The predicted molar refractivity (Wildman–Crippen MR) is 127 cm³/mol. The number of carbonyl (C=O) groups is 3. The molecule has 1 heterocycles. The van der Waals surface area contributed by atoms with Gasteiger partial charge in [-0.25, -0.2) is 4.79 Å². The lowest BCUT2D eigenvalue weighted by Gasteiger charge is -2.20. The number of H-pyrrole nitrogens is 1. The van der Waals surface area contributed by atoms with Gasteiger partial charge in [0.15, 0.2) is 12.4 Å². The summed E-state index contributed by atoms with van der Waals surface area (Å²) in [4.78, 5) is 40.0. The van der Waals surface area contributed by atoms with Crippen LogP contribution in [-0.2, 0) is 9.53 Å². The van der Waals surface area contributed by atoms with Gasteiger partial charge in [-0.05, 0) is 61.7 Å². The lowest BCUT2D eigenvalue weighted by atomic mass is 9.98. The van der Waals surface area contributed by atoms with Crippen molar-refractivity contribution in [1.82, 2.24) is 10.3 Å². The third-order valence-corrected chi connectivity index (χ3v) is 5.53. The van der Waals surface area contributed by atoms with E-state index in [9.17, 15) is 14.4 Å². The van der Waals surface area contributed by atoms with Gasteiger partial charge in [-0.1, -0.05) is 24.3 Å². The number of ketones is 1. The van der Waals surface area contributed by atoms with Gasteiger partial charge in [-0.15, -0.1) is 0 Å². The number of esters is 1. The Morgan fingerprint density at radius 1 is 0.882 bits per heavy atom. The molecular formula is C26H28N2O6. The minimum absolute atomic E-state index is 0.148. The number of ether oxygens (including phenoxy) is 3. The van der Waals surface area contributed by atoms with Crippen molar-refractivity contribution >= 4 is 17.7 Å². The van der Waals surface area contributed by atoms with Crippen molar-refractivity contribution in [3.63, 3.8) is 0 Å². The minimum atomic E-state index is -0.700. The van der Waals surface area contributed by atoms with Crippen LogP contribution >= 0.6 is 0 Å². The molecule has 8 nitrogen and oxygen atoms in total. The van der Waals surface area contributed by atoms with E-state index in [1.807, 2.05) is 24.3 Å². The first kappa shape index (κ1) is 24.6. The van der Waals surface area contributed by atoms with Crippen LogP contribution in [0.1, 0.15) is 56.2 Å². The number of aromatic amines is 1. The average Bonchev–Trinajstić information content (AvgIpc) is 3.15. The van der Waals surface area contributed by atoms with Gasteiger partial charge in [0.05, 0.1) is 20.3 Å². The number of nitrogens with one attached hydrogen (secondary N) is 2. The number of Topliss-reactive ketones (excluding diaryl/α,β-unsaturated/α-hetero) is 1. The average molecular weight is 465 g/mol. The summed E-state index contributed by atoms with van der Waals surface area (Å²) < 4.78 is 15.7. The first-order chi connectivity index (χ1) is 16.2. The Morgan fingerprint density at radius 2 is 1.38 bits per heavy atom. The van der Waals surface area contributed by atoms with Crippen LogP contribution in [0.25, 0.3) is 0 Å². The molecule has 0 radical (unpaired) electrons. The highest BCUT2D eigenvalue weighted by Gasteiger charge is 2.23. The zero-order valence-corrected chi connectivity index (χ0v) is 19.9. The molecule has 0 bridgehead atoms. The Kier molecular flexibility index (Phi) is 7.73. The fraction of sp³-hybridized carbons (Fsp3) is 0.269. The van der Waals surface area contributed by atoms with E-state index < -0.39 is 24.5 Å². The molecule has 0 unspecified atom stereocenters. The first-order valence-electron chi connectivity index (χ1n) is 10.7. The molecule has 0 fully saturated rings. The summed E-state index contributed by atoms with van der Waals surface area (Å²) >= 11 is 0. The molecule has 1 aromatic heterocycles. The van der Waals surface area contributed by atoms with E-state index in [4.69, 9.17) is 14.2 Å². The molecule has 0 saturated heterocycles. The van der Waals surface area contributed by atoms with Crippen molar-refractivity contribution in [2.45, 2.75) is 26.8 Å². The number of aryl methyl sites for hydroxylation is 1. The first-order valence-corrected chi connectivity index (χ1v) is 10.7. The maximum Gasteiger partial charge on any atom is 0.355 e. The van der Waals surface area contributed by atoms with Crippen LogP contribution in [0.3, 0.4) is 0 Å². The number of rotatable bonds is 9. The van der Waals surface area contributed by atoms with Crippen LogP contribution in [0.5, 0.6) is 11.5 Å². The molecule has 0 aliphatic carbocycles. The van der Waals surface area contributed by atoms with Crippen LogP contribution in [0, 0.1) is 13.8 Å². The number of methoxy groups -OCH3 is 2. The summed E-state index contributed by atoms with van der Waals surface area (Å²) in [5.74, 6) is 0.0642. The maximum absolute atomic E-state index is 12.7. The van der Waals surface area contributed by atoms with Gasteiger partial charge < -0.3 is 24.5 Å². The molecule has 2 aromatic carbocycles. The van der Waals surface area contributed by atoms with Crippen molar-refractivity contribution in [2.75, 3.05) is 20.8 Å². The summed E-state index contributed by atoms with van der Waals surface area (Å²) in [6.07, 6.45) is 0. The number of benzene rings is 2. The van der Waals surface area contributed by atoms with Crippen molar-refractivity contribution in [3.05, 3.63) is 82.2 Å². The van der Waals surface area contributed by atoms with Crippen molar-refractivity contribution in [3.8, 4) is 11.5 Å². The van der Waals surface area contributed by atoms with Gasteiger partial charge >= 0.3 is 5.97 Å². The van der Waals surface area contributed by atoms with Gasteiger partial charge in [-0.3, -0.25) is 9.59 Å². The van der Waals surface area contributed by atoms with E-state index in [2.05, 4.69) is 10.3 Å². The zero-order valence-electron chi connectivity index (χ0n) is 19.9. The molecule has 1 amide bonds. The molecule has 0 aliphatic rings. The second kappa shape index (κ2) is 10.7. The Bertz CT molecular complexity index is 1130. The van der Waals surface area contributed by atoms with Gasteiger partial charge in [-0.2, -0.15) is 0 Å². The van der Waals surface area contributed by atoms with E-state index in [0.29, 0.717) is 28.3 Å². The molecule has 0 saturated carbocycles. The number of carbonyl (C=O) groups excluding carboxylic acids is 3. The smallest absolute Gasteiger partial charge is 0.355 e. The zero-order chi connectivity index (χ0) is 24.8. The normalized spacial score (nSPS) is 10.6. The number of amides is 1. The van der Waals surface area contributed by atoms with Crippen LogP contribution in [0.4, 0.5) is 0 Å². The van der Waals surface area contributed by atoms with Gasteiger partial charge in [0, 0.05) is 11.3 Å². The largest absolute Gasteiger partial charge is 0.497 e.